The minimum absolute atomic E-state index is 0.115. The summed E-state index contributed by atoms with van der Waals surface area (Å²) in [5.74, 6) is 0. The number of sulfonamides is 1. The number of benzene rings is 1. The lowest BCUT2D eigenvalue weighted by Crippen LogP contribution is -2.41. The van der Waals surface area contributed by atoms with Crippen molar-refractivity contribution in [1.29, 1.82) is 0 Å². The van der Waals surface area contributed by atoms with E-state index in [1.807, 2.05) is 32.8 Å². The van der Waals surface area contributed by atoms with Crippen LogP contribution >= 0.6 is 11.6 Å². The van der Waals surface area contributed by atoms with Crippen LogP contribution in [-0.2, 0) is 10.0 Å². The van der Waals surface area contributed by atoms with Crippen molar-refractivity contribution in [2.75, 3.05) is 27.2 Å². The second-order valence-corrected chi connectivity index (χ2v) is 6.94. The average molecular weight is 304 g/mol. The third kappa shape index (κ3) is 3.92. The van der Waals surface area contributed by atoms with E-state index in [9.17, 15) is 8.42 Å². The molecule has 1 atom stereocenters. The van der Waals surface area contributed by atoms with Crippen LogP contribution in [-0.4, -0.2) is 50.8 Å². The molecule has 107 valence electrons. The van der Waals surface area contributed by atoms with Gasteiger partial charge in [-0.15, -0.1) is 0 Å². The Morgan fingerprint density at radius 2 is 2.05 bits per heavy atom. The Bertz CT molecular complexity index is 517. The van der Waals surface area contributed by atoms with Gasteiger partial charge < -0.3 is 4.90 Å². The number of nitrogens with zero attached hydrogens (tertiary/aromatic N) is 2. The van der Waals surface area contributed by atoms with E-state index in [0.29, 0.717) is 13.1 Å². The highest BCUT2D eigenvalue weighted by Crippen LogP contribution is 2.24. The highest BCUT2D eigenvalue weighted by Gasteiger charge is 2.26. The van der Waals surface area contributed by atoms with Crippen LogP contribution in [0.3, 0.4) is 0 Å². The number of halogens is 1. The fraction of sp³-hybridized carbons (Fsp3) is 0.538. The van der Waals surface area contributed by atoms with Crippen LogP contribution in [0.4, 0.5) is 0 Å². The highest BCUT2D eigenvalue weighted by atomic mass is 35.5. The Morgan fingerprint density at radius 1 is 1.42 bits per heavy atom. The lowest BCUT2D eigenvalue weighted by Gasteiger charge is -2.27. The molecule has 0 aliphatic carbocycles. The molecule has 0 aliphatic rings. The summed E-state index contributed by atoms with van der Waals surface area (Å²) in [4.78, 5) is 2.10. The predicted molar refractivity (Wildman–Crippen MR) is 77.9 cm³/mol. The zero-order chi connectivity index (χ0) is 14.6. The van der Waals surface area contributed by atoms with E-state index >= 15 is 0 Å². The van der Waals surface area contributed by atoms with Gasteiger partial charge in [0.15, 0.2) is 0 Å². The molecule has 0 bridgehead atoms. The maximum Gasteiger partial charge on any atom is 0.244 e. The summed E-state index contributed by atoms with van der Waals surface area (Å²) in [6.45, 7) is 4.64. The summed E-state index contributed by atoms with van der Waals surface area (Å²) in [5, 5.41) is 0.231. The van der Waals surface area contributed by atoms with Crippen LogP contribution in [0.1, 0.15) is 13.8 Å². The van der Waals surface area contributed by atoms with Crippen LogP contribution in [0.2, 0.25) is 5.02 Å². The summed E-state index contributed by atoms with van der Waals surface area (Å²) >= 11 is 5.97. The van der Waals surface area contributed by atoms with E-state index in [2.05, 4.69) is 6.07 Å². The molecule has 6 heteroatoms. The van der Waals surface area contributed by atoms with Gasteiger partial charge in [-0.1, -0.05) is 24.6 Å². The molecule has 1 radical (unpaired) electrons. The Morgan fingerprint density at radius 3 is 2.53 bits per heavy atom. The van der Waals surface area contributed by atoms with Crippen molar-refractivity contribution in [2.45, 2.75) is 24.8 Å². The monoisotopic (exact) mass is 303 g/mol. The predicted octanol–water partition coefficient (Wildman–Crippen LogP) is 2.10. The fourth-order valence-corrected chi connectivity index (χ4v) is 3.56. The Labute approximate surface area is 121 Å². The number of hydrogen-bond acceptors (Lipinski definition) is 3. The summed E-state index contributed by atoms with van der Waals surface area (Å²) in [5.41, 5.74) is 0. The molecule has 0 saturated heterocycles. The van der Waals surface area contributed by atoms with Crippen molar-refractivity contribution in [3.63, 3.8) is 0 Å². The molecule has 1 aromatic rings. The smallest absolute Gasteiger partial charge is 0.244 e. The van der Waals surface area contributed by atoms with Crippen LogP contribution in [0.25, 0.3) is 0 Å². The van der Waals surface area contributed by atoms with Crippen molar-refractivity contribution in [2.24, 2.45) is 0 Å². The van der Waals surface area contributed by atoms with Gasteiger partial charge >= 0.3 is 0 Å². The van der Waals surface area contributed by atoms with E-state index < -0.39 is 10.0 Å². The first-order valence-electron chi connectivity index (χ1n) is 6.12. The minimum atomic E-state index is -3.57. The molecular weight excluding hydrogens is 284 g/mol. The number of hydrogen-bond donors (Lipinski definition) is 0. The minimum Gasteiger partial charge on any atom is -0.305 e. The first kappa shape index (κ1) is 16.4. The van der Waals surface area contributed by atoms with E-state index in [4.69, 9.17) is 11.6 Å². The number of rotatable bonds is 6. The topological polar surface area (TPSA) is 40.6 Å². The maximum atomic E-state index is 12.5. The van der Waals surface area contributed by atoms with Crippen molar-refractivity contribution < 1.29 is 8.42 Å². The van der Waals surface area contributed by atoms with Crippen LogP contribution < -0.4 is 0 Å². The van der Waals surface area contributed by atoms with Gasteiger partial charge in [0.25, 0.3) is 0 Å². The van der Waals surface area contributed by atoms with Gasteiger partial charge in [0, 0.05) is 19.1 Å². The molecule has 1 aromatic carbocycles. The zero-order valence-corrected chi connectivity index (χ0v) is 13.3. The van der Waals surface area contributed by atoms with Gasteiger partial charge in [-0.25, -0.2) is 8.42 Å². The summed E-state index contributed by atoms with van der Waals surface area (Å²) in [6.07, 6.45) is 0. The normalized spacial score (nSPS) is 14.1. The lowest BCUT2D eigenvalue weighted by atomic mass is 10.3. The molecule has 4 nitrogen and oxygen atoms in total. The molecular formula is C13H20ClN2O2S. The Hall–Kier alpha value is -0.620. The van der Waals surface area contributed by atoms with Crippen LogP contribution in [0, 0.1) is 6.07 Å². The average Bonchev–Trinajstić information content (AvgIpc) is 2.35. The zero-order valence-electron chi connectivity index (χ0n) is 11.7. The van der Waals surface area contributed by atoms with E-state index in [-0.39, 0.29) is 16.0 Å². The standard InChI is InChI=1S/C13H20ClN2O2S/c1-5-16(10-11(2)15(3)4)19(17,18)13-9-7-6-8-12(13)14/h6,8-9,11H,5,10H2,1-4H3. The summed E-state index contributed by atoms with van der Waals surface area (Å²) in [7, 11) is 0.283. The SMILES string of the molecule is CCN(CC(C)N(C)C)S(=O)(=O)c1c[c]ccc1Cl. The van der Waals surface area contributed by atoms with Gasteiger partial charge in [0.2, 0.25) is 10.0 Å². The molecule has 0 spiro atoms. The van der Waals surface area contributed by atoms with Crippen LogP contribution in [0.15, 0.2) is 23.1 Å². The van der Waals surface area contributed by atoms with E-state index in [1.54, 1.807) is 6.07 Å². The first-order chi connectivity index (χ1) is 8.80. The summed E-state index contributed by atoms with van der Waals surface area (Å²) < 4.78 is 26.5. The molecule has 0 N–H and O–H groups in total. The first-order valence-corrected chi connectivity index (χ1v) is 7.94. The second kappa shape index (κ2) is 6.70. The van der Waals surface area contributed by atoms with Gasteiger partial charge in [-0.3, -0.25) is 0 Å². The highest BCUT2D eigenvalue weighted by molar-refractivity contribution is 7.89. The van der Waals surface area contributed by atoms with E-state index in [1.165, 1.54) is 16.4 Å². The molecule has 19 heavy (non-hydrogen) atoms. The van der Waals surface area contributed by atoms with Gasteiger partial charge in [-0.2, -0.15) is 4.31 Å². The molecule has 1 unspecified atom stereocenters. The van der Waals surface area contributed by atoms with Crippen molar-refractivity contribution in [3.05, 3.63) is 29.3 Å². The molecule has 0 saturated carbocycles. The molecule has 0 amide bonds. The maximum absolute atomic E-state index is 12.5. The van der Waals surface area contributed by atoms with Crippen molar-refractivity contribution in [3.8, 4) is 0 Å². The summed E-state index contributed by atoms with van der Waals surface area (Å²) in [6, 6.07) is 7.44. The molecule has 0 aliphatic heterocycles. The van der Waals surface area contributed by atoms with Crippen molar-refractivity contribution in [1.82, 2.24) is 9.21 Å². The number of likely N-dealkylation sites (N-methyl/N-ethyl adjacent to an activating group) is 2. The van der Waals surface area contributed by atoms with Gasteiger partial charge in [0.1, 0.15) is 4.90 Å². The third-order valence-electron chi connectivity index (χ3n) is 3.10. The second-order valence-electron chi connectivity index (χ2n) is 4.62. The van der Waals surface area contributed by atoms with Crippen molar-refractivity contribution >= 4 is 21.6 Å². The van der Waals surface area contributed by atoms with Crippen LogP contribution in [0.5, 0.6) is 0 Å². The largest absolute Gasteiger partial charge is 0.305 e. The van der Waals surface area contributed by atoms with E-state index in [0.717, 1.165) is 0 Å². The van der Waals surface area contributed by atoms with Gasteiger partial charge in [-0.05, 0) is 39.2 Å². The Balaban J connectivity index is 3.07. The molecule has 1 rings (SSSR count). The molecule has 0 heterocycles. The fourth-order valence-electron chi connectivity index (χ4n) is 1.59. The lowest BCUT2D eigenvalue weighted by molar-refractivity contribution is 0.261. The molecule has 0 aromatic heterocycles. The molecule has 0 fully saturated rings. The Kier molecular flexibility index (Phi) is 5.80. The quantitative estimate of drug-likeness (QED) is 0.808. The third-order valence-corrected chi connectivity index (χ3v) is 5.52. The van der Waals surface area contributed by atoms with Gasteiger partial charge in [0.05, 0.1) is 5.02 Å².